The van der Waals surface area contributed by atoms with Crippen molar-refractivity contribution >= 4 is 5.91 Å². The third kappa shape index (κ3) is 2.81. The molecule has 1 unspecified atom stereocenters. The predicted molar refractivity (Wildman–Crippen MR) is 46.7 cm³/mol. The van der Waals surface area contributed by atoms with Gasteiger partial charge in [0.15, 0.2) is 0 Å². The molecule has 1 heterocycles. The van der Waals surface area contributed by atoms with Crippen molar-refractivity contribution in [2.75, 3.05) is 13.1 Å². The van der Waals surface area contributed by atoms with Crippen molar-refractivity contribution < 1.29 is 9.90 Å². The second-order valence-corrected chi connectivity index (χ2v) is 3.48. The van der Waals surface area contributed by atoms with Gasteiger partial charge < -0.3 is 10.0 Å². The highest BCUT2D eigenvalue weighted by Gasteiger charge is 2.17. The lowest BCUT2D eigenvalue weighted by Gasteiger charge is -2.27. The summed E-state index contributed by atoms with van der Waals surface area (Å²) in [4.78, 5) is 13.1. The highest BCUT2D eigenvalue weighted by molar-refractivity contribution is 5.76. The van der Waals surface area contributed by atoms with Crippen LogP contribution in [0.5, 0.6) is 0 Å². The summed E-state index contributed by atoms with van der Waals surface area (Å²) in [5, 5.41) is 9.03. The quantitative estimate of drug-likeness (QED) is 0.681. The normalized spacial score (nSPS) is 21.2. The van der Waals surface area contributed by atoms with E-state index in [1.165, 1.54) is 0 Å². The van der Waals surface area contributed by atoms with E-state index in [4.69, 9.17) is 5.11 Å². The van der Waals surface area contributed by atoms with Gasteiger partial charge in [-0.3, -0.25) is 4.79 Å². The van der Waals surface area contributed by atoms with E-state index >= 15 is 0 Å². The molecule has 1 atom stereocenters. The van der Waals surface area contributed by atoms with Crippen molar-refractivity contribution in [3.63, 3.8) is 0 Å². The van der Waals surface area contributed by atoms with E-state index in [1.807, 2.05) is 4.90 Å². The molecule has 1 rings (SSSR count). The van der Waals surface area contributed by atoms with Crippen LogP contribution in [0, 0.1) is 0 Å². The van der Waals surface area contributed by atoms with Crippen molar-refractivity contribution in [2.24, 2.45) is 0 Å². The van der Waals surface area contributed by atoms with Gasteiger partial charge in [0, 0.05) is 19.5 Å². The topological polar surface area (TPSA) is 40.5 Å². The van der Waals surface area contributed by atoms with Gasteiger partial charge in [-0.15, -0.1) is 0 Å². The second-order valence-electron chi connectivity index (χ2n) is 3.48. The van der Waals surface area contributed by atoms with Crippen molar-refractivity contribution in [3.8, 4) is 0 Å². The van der Waals surface area contributed by atoms with E-state index in [-0.39, 0.29) is 12.0 Å². The summed E-state index contributed by atoms with van der Waals surface area (Å²) in [6, 6.07) is 0. The summed E-state index contributed by atoms with van der Waals surface area (Å²) >= 11 is 0. The van der Waals surface area contributed by atoms with Crippen LogP contribution in [0.3, 0.4) is 0 Å². The van der Waals surface area contributed by atoms with E-state index in [2.05, 4.69) is 0 Å². The largest absolute Gasteiger partial charge is 0.393 e. The van der Waals surface area contributed by atoms with Crippen LogP contribution < -0.4 is 0 Å². The smallest absolute Gasteiger partial charge is 0.222 e. The van der Waals surface area contributed by atoms with Crippen LogP contribution in [0.25, 0.3) is 0 Å². The standard InChI is InChI=1S/C9H17NO2/c1-8(11)5-7-10-6-3-2-4-9(10)12/h8,11H,2-7H2,1H3. The van der Waals surface area contributed by atoms with E-state index < -0.39 is 0 Å². The van der Waals surface area contributed by atoms with Crippen LogP contribution in [0.1, 0.15) is 32.6 Å². The first-order valence-electron chi connectivity index (χ1n) is 4.66. The van der Waals surface area contributed by atoms with Gasteiger partial charge in [0.05, 0.1) is 6.10 Å². The molecular weight excluding hydrogens is 154 g/mol. The van der Waals surface area contributed by atoms with Gasteiger partial charge in [0.25, 0.3) is 0 Å². The zero-order valence-electron chi connectivity index (χ0n) is 7.62. The molecule has 1 aliphatic heterocycles. The minimum atomic E-state index is -0.292. The Morgan fingerprint density at radius 3 is 2.92 bits per heavy atom. The Balaban J connectivity index is 2.25. The molecule has 3 heteroatoms. The van der Waals surface area contributed by atoms with E-state index in [0.717, 1.165) is 25.9 Å². The molecule has 0 aliphatic carbocycles. The van der Waals surface area contributed by atoms with Crippen LogP contribution in [-0.4, -0.2) is 35.1 Å². The van der Waals surface area contributed by atoms with Crippen LogP contribution in [-0.2, 0) is 4.79 Å². The summed E-state index contributed by atoms with van der Waals surface area (Å²) < 4.78 is 0. The number of likely N-dealkylation sites (tertiary alicyclic amines) is 1. The Morgan fingerprint density at radius 2 is 2.33 bits per heavy atom. The second kappa shape index (κ2) is 4.45. The fraction of sp³-hybridized carbons (Fsp3) is 0.889. The summed E-state index contributed by atoms with van der Waals surface area (Å²) in [5.74, 6) is 0.252. The van der Waals surface area contributed by atoms with E-state index in [0.29, 0.717) is 12.8 Å². The molecule has 3 nitrogen and oxygen atoms in total. The first kappa shape index (κ1) is 9.52. The Morgan fingerprint density at radius 1 is 1.58 bits per heavy atom. The highest BCUT2D eigenvalue weighted by atomic mass is 16.3. The molecule has 0 saturated carbocycles. The van der Waals surface area contributed by atoms with Gasteiger partial charge >= 0.3 is 0 Å². The van der Waals surface area contributed by atoms with Crippen LogP contribution in [0.4, 0.5) is 0 Å². The van der Waals surface area contributed by atoms with Crippen molar-refractivity contribution in [1.82, 2.24) is 4.90 Å². The lowest BCUT2D eigenvalue weighted by Crippen LogP contribution is -2.36. The van der Waals surface area contributed by atoms with E-state index in [1.54, 1.807) is 6.92 Å². The number of carbonyl (C=O) groups excluding carboxylic acids is 1. The highest BCUT2D eigenvalue weighted by Crippen LogP contribution is 2.10. The lowest BCUT2D eigenvalue weighted by atomic mass is 10.1. The zero-order chi connectivity index (χ0) is 8.97. The molecule has 1 fully saturated rings. The third-order valence-electron chi connectivity index (χ3n) is 2.24. The Bertz CT molecular complexity index is 157. The molecule has 0 aromatic carbocycles. The zero-order valence-corrected chi connectivity index (χ0v) is 7.62. The van der Waals surface area contributed by atoms with E-state index in [9.17, 15) is 4.79 Å². The number of rotatable bonds is 3. The average Bonchev–Trinajstić information content (AvgIpc) is 2.03. The van der Waals surface area contributed by atoms with Crippen molar-refractivity contribution in [1.29, 1.82) is 0 Å². The Labute approximate surface area is 73.4 Å². The monoisotopic (exact) mass is 171 g/mol. The molecule has 0 aromatic rings. The molecule has 1 amide bonds. The predicted octanol–water partition coefficient (Wildman–Crippen LogP) is 0.770. The summed E-state index contributed by atoms with van der Waals surface area (Å²) in [6.45, 7) is 3.36. The van der Waals surface area contributed by atoms with Gasteiger partial charge in [-0.25, -0.2) is 0 Å². The summed E-state index contributed by atoms with van der Waals surface area (Å²) in [5.41, 5.74) is 0. The van der Waals surface area contributed by atoms with Crippen LogP contribution in [0.2, 0.25) is 0 Å². The minimum Gasteiger partial charge on any atom is -0.393 e. The van der Waals surface area contributed by atoms with Gasteiger partial charge in [-0.05, 0) is 26.2 Å². The van der Waals surface area contributed by atoms with Gasteiger partial charge in [0.1, 0.15) is 0 Å². The number of aliphatic hydroxyl groups excluding tert-OH is 1. The SMILES string of the molecule is CC(O)CCN1CCCCC1=O. The molecule has 12 heavy (non-hydrogen) atoms. The molecule has 0 aromatic heterocycles. The number of aliphatic hydroxyl groups is 1. The first-order chi connectivity index (χ1) is 5.70. The molecule has 1 aliphatic rings. The number of hydrogen-bond donors (Lipinski definition) is 1. The number of nitrogens with zero attached hydrogens (tertiary/aromatic N) is 1. The molecule has 0 spiro atoms. The number of hydrogen-bond acceptors (Lipinski definition) is 2. The average molecular weight is 171 g/mol. The van der Waals surface area contributed by atoms with Gasteiger partial charge in [-0.2, -0.15) is 0 Å². The molecular formula is C9H17NO2. The van der Waals surface area contributed by atoms with Gasteiger partial charge in [0.2, 0.25) is 5.91 Å². The van der Waals surface area contributed by atoms with Crippen LogP contribution in [0.15, 0.2) is 0 Å². The summed E-state index contributed by atoms with van der Waals surface area (Å²) in [7, 11) is 0. The maximum absolute atomic E-state index is 11.3. The number of amides is 1. The van der Waals surface area contributed by atoms with Crippen LogP contribution >= 0.6 is 0 Å². The maximum Gasteiger partial charge on any atom is 0.222 e. The fourth-order valence-electron chi connectivity index (χ4n) is 1.44. The molecule has 70 valence electrons. The molecule has 1 saturated heterocycles. The number of piperidine rings is 1. The molecule has 0 radical (unpaired) electrons. The van der Waals surface area contributed by atoms with Crippen molar-refractivity contribution in [3.05, 3.63) is 0 Å². The molecule has 0 bridgehead atoms. The number of carbonyl (C=O) groups is 1. The first-order valence-corrected chi connectivity index (χ1v) is 4.66. The van der Waals surface area contributed by atoms with Crippen molar-refractivity contribution in [2.45, 2.75) is 38.7 Å². The lowest BCUT2D eigenvalue weighted by molar-refractivity contribution is -0.133. The minimum absolute atomic E-state index is 0.252. The third-order valence-corrected chi connectivity index (χ3v) is 2.24. The Hall–Kier alpha value is -0.570. The Kier molecular flexibility index (Phi) is 3.53. The van der Waals surface area contributed by atoms with Gasteiger partial charge in [-0.1, -0.05) is 0 Å². The molecule has 1 N–H and O–H groups in total. The maximum atomic E-state index is 11.3. The summed E-state index contributed by atoms with van der Waals surface area (Å²) in [6.07, 6.45) is 3.25. The fourth-order valence-corrected chi connectivity index (χ4v) is 1.44.